The van der Waals surface area contributed by atoms with Crippen molar-refractivity contribution in [2.24, 2.45) is 5.41 Å². The summed E-state index contributed by atoms with van der Waals surface area (Å²) in [6, 6.07) is 2.05. The van der Waals surface area contributed by atoms with E-state index in [1.807, 2.05) is 31.0 Å². The topological polar surface area (TPSA) is 38.1 Å². The smallest absolute Gasteiger partial charge is 0.244 e. The van der Waals surface area contributed by atoms with Crippen LogP contribution in [0.2, 0.25) is 0 Å². The number of hydrogen-bond acceptors (Lipinski definition) is 2. The van der Waals surface area contributed by atoms with E-state index < -0.39 is 0 Å². The number of carbonyl (C=O) groups excluding carboxylic acids is 1. The SMILES string of the molecule is CC(C)N(CC(C)(C)C)C(=O)Cn1cccn1. The van der Waals surface area contributed by atoms with Gasteiger partial charge in [0.15, 0.2) is 0 Å². The highest BCUT2D eigenvalue weighted by Gasteiger charge is 2.23. The van der Waals surface area contributed by atoms with Gasteiger partial charge in [-0.2, -0.15) is 5.10 Å². The summed E-state index contributed by atoms with van der Waals surface area (Å²) in [5.41, 5.74) is 0.115. The van der Waals surface area contributed by atoms with Crippen LogP contribution in [-0.2, 0) is 11.3 Å². The fourth-order valence-corrected chi connectivity index (χ4v) is 1.69. The van der Waals surface area contributed by atoms with Gasteiger partial charge in [-0.05, 0) is 25.3 Å². The summed E-state index contributed by atoms with van der Waals surface area (Å²) in [6.07, 6.45) is 3.50. The Morgan fingerprint density at radius 1 is 1.41 bits per heavy atom. The van der Waals surface area contributed by atoms with Crippen LogP contribution in [0.5, 0.6) is 0 Å². The first-order valence-electron chi connectivity index (χ1n) is 6.06. The molecule has 0 fully saturated rings. The maximum absolute atomic E-state index is 12.2. The molecule has 4 heteroatoms. The molecule has 96 valence electrons. The average Bonchev–Trinajstić information content (AvgIpc) is 2.64. The van der Waals surface area contributed by atoms with Crippen LogP contribution in [0, 0.1) is 5.41 Å². The molecule has 1 aromatic heterocycles. The van der Waals surface area contributed by atoms with Gasteiger partial charge < -0.3 is 4.90 Å². The zero-order valence-electron chi connectivity index (χ0n) is 11.5. The third kappa shape index (κ3) is 4.59. The molecule has 0 atom stereocenters. The first kappa shape index (κ1) is 13.7. The zero-order chi connectivity index (χ0) is 13.1. The highest BCUT2D eigenvalue weighted by molar-refractivity contribution is 5.76. The normalized spacial score (nSPS) is 11.9. The molecule has 0 spiro atoms. The summed E-state index contributed by atoms with van der Waals surface area (Å²) >= 11 is 0. The van der Waals surface area contributed by atoms with E-state index in [9.17, 15) is 4.79 Å². The second-order valence-corrected chi connectivity index (χ2v) is 5.88. The van der Waals surface area contributed by atoms with Crippen LogP contribution in [0.25, 0.3) is 0 Å². The Bertz CT molecular complexity index is 349. The fourth-order valence-electron chi connectivity index (χ4n) is 1.69. The highest BCUT2D eigenvalue weighted by Crippen LogP contribution is 2.17. The summed E-state index contributed by atoms with van der Waals surface area (Å²) in [5, 5.41) is 4.06. The third-order valence-corrected chi connectivity index (χ3v) is 2.44. The molecular weight excluding hydrogens is 214 g/mol. The first-order chi connectivity index (χ1) is 7.79. The summed E-state index contributed by atoms with van der Waals surface area (Å²) in [4.78, 5) is 14.1. The van der Waals surface area contributed by atoms with Gasteiger partial charge in [0.2, 0.25) is 5.91 Å². The maximum Gasteiger partial charge on any atom is 0.244 e. The number of nitrogens with zero attached hydrogens (tertiary/aromatic N) is 3. The predicted octanol–water partition coefficient (Wildman–Crippen LogP) is 2.17. The van der Waals surface area contributed by atoms with E-state index in [0.29, 0.717) is 6.54 Å². The number of carbonyl (C=O) groups is 1. The largest absolute Gasteiger partial charge is 0.338 e. The Kier molecular flexibility index (Phi) is 4.32. The van der Waals surface area contributed by atoms with E-state index in [1.54, 1.807) is 10.9 Å². The molecule has 0 bridgehead atoms. The van der Waals surface area contributed by atoms with Gasteiger partial charge in [0, 0.05) is 25.0 Å². The van der Waals surface area contributed by atoms with Crippen molar-refractivity contribution >= 4 is 5.91 Å². The lowest BCUT2D eigenvalue weighted by Gasteiger charge is -2.33. The highest BCUT2D eigenvalue weighted by atomic mass is 16.2. The van der Waals surface area contributed by atoms with Crippen molar-refractivity contribution in [3.63, 3.8) is 0 Å². The Hall–Kier alpha value is -1.32. The predicted molar refractivity (Wildman–Crippen MR) is 68.5 cm³/mol. The molecule has 0 aromatic carbocycles. The lowest BCUT2D eigenvalue weighted by Crippen LogP contribution is -2.43. The zero-order valence-corrected chi connectivity index (χ0v) is 11.5. The van der Waals surface area contributed by atoms with Crippen LogP contribution in [0.15, 0.2) is 18.5 Å². The van der Waals surface area contributed by atoms with Gasteiger partial charge >= 0.3 is 0 Å². The minimum absolute atomic E-state index is 0.115. The van der Waals surface area contributed by atoms with Crippen molar-refractivity contribution in [3.8, 4) is 0 Å². The van der Waals surface area contributed by atoms with E-state index in [2.05, 4.69) is 25.9 Å². The van der Waals surface area contributed by atoms with Gasteiger partial charge in [-0.3, -0.25) is 9.48 Å². The minimum atomic E-state index is 0.115. The van der Waals surface area contributed by atoms with Crippen LogP contribution in [0.3, 0.4) is 0 Å². The molecule has 0 aliphatic rings. The molecule has 0 N–H and O–H groups in total. The van der Waals surface area contributed by atoms with Gasteiger partial charge in [0.05, 0.1) is 0 Å². The minimum Gasteiger partial charge on any atom is -0.338 e. The van der Waals surface area contributed by atoms with Crippen LogP contribution in [0.1, 0.15) is 34.6 Å². The lowest BCUT2D eigenvalue weighted by molar-refractivity contribution is -0.135. The monoisotopic (exact) mass is 237 g/mol. The third-order valence-electron chi connectivity index (χ3n) is 2.44. The number of hydrogen-bond donors (Lipinski definition) is 0. The fraction of sp³-hybridized carbons (Fsp3) is 0.692. The van der Waals surface area contributed by atoms with Crippen molar-refractivity contribution < 1.29 is 4.79 Å². The van der Waals surface area contributed by atoms with Gasteiger partial charge in [-0.1, -0.05) is 20.8 Å². The summed E-state index contributed by atoms with van der Waals surface area (Å²) in [6.45, 7) is 11.6. The number of aromatic nitrogens is 2. The molecular formula is C13H23N3O. The first-order valence-corrected chi connectivity index (χ1v) is 6.06. The molecule has 1 rings (SSSR count). The van der Waals surface area contributed by atoms with Crippen LogP contribution in [0.4, 0.5) is 0 Å². The molecule has 1 heterocycles. The van der Waals surface area contributed by atoms with Gasteiger partial charge in [0.1, 0.15) is 6.54 Å². The lowest BCUT2D eigenvalue weighted by atomic mass is 9.95. The van der Waals surface area contributed by atoms with E-state index in [0.717, 1.165) is 6.54 Å². The molecule has 1 aromatic rings. The van der Waals surface area contributed by atoms with Gasteiger partial charge in [0.25, 0.3) is 0 Å². The van der Waals surface area contributed by atoms with E-state index >= 15 is 0 Å². The summed E-state index contributed by atoms with van der Waals surface area (Å²) < 4.78 is 1.67. The molecule has 0 saturated heterocycles. The molecule has 0 aliphatic carbocycles. The molecule has 17 heavy (non-hydrogen) atoms. The number of amides is 1. The summed E-state index contributed by atoms with van der Waals surface area (Å²) in [5.74, 6) is 0.124. The molecule has 0 saturated carbocycles. The van der Waals surface area contributed by atoms with Gasteiger partial charge in [-0.25, -0.2) is 0 Å². The van der Waals surface area contributed by atoms with Crippen LogP contribution in [-0.4, -0.2) is 33.2 Å². The summed E-state index contributed by atoms with van der Waals surface area (Å²) in [7, 11) is 0. The molecule has 0 aliphatic heterocycles. The standard InChI is InChI=1S/C13H23N3O/c1-11(2)16(10-13(3,4)5)12(17)9-15-8-6-7-14-15/h6-8,11H,9-10H2,1-5H3. The molecule has 1 amide bonds. The van der Waals surface area contributed by atoms with Gasteiger partial charge in [-0.15, -0.1) is 0 Å². The average molecular weight is 237 g/mol. The van der Waals surface area contributed by atoms with E-state index in [1.165, 1.54) is 0 Å². The second kappa shape index (κ2) is 5.34. The number of rotatable bonds is 4. The Morgan fingerprint density at radius 2 is 2.06 bits per heavy atom. The van der Waals surface area contributed by atoms with Crippen molar-refractivity contribution in [1.29, 1.82) is 0 Å². The van der Waals surface area contributed by atoms with E-state index in [4.69, 9.17) is 0 Å². The van der Waals surface area contributed by atoms with Crippen LogP contribution >= 0.6 is 0 Å². The van der Waals surface area contributed by atoms with Crippen molar-refractivity contribution in [3.05, 3.63) is 18.5 Å². The Balaban J connectivity index is 2.67. The molecule has 0 radical (unpaired) electrons. The van der Waals surface area contributed by atoms with Crippen LogP contribution < -0.4 is 0 Å². The van der Waals surface area contributed by atoms with Crippen molar-refractivity contribution in [2.45, 2.75) is 47.2 Å². The quantitative estimate of drug-likeness (QED) is 0.805. The Labute approximate surface area is 104 Å². The second-order valence-electron chi connectivity index (χ2n) is 5.88. The van der Waals surface area contributed by atoms with Crippen molar-refractivity contribution in [1.82, 2.24) is 14.7 Å². The van der Waals surface area contributed by atoms with E-state index in [-0.39, 0.29) is 17.4 Å². The molecule has 4 nitrogen and oxygen atoms in total. The molecule has 0 unspecified atom stereocenters. The van der Waals surface area contributed by atoms with Crippen molar-refractivity contribution in [2.75, 3.05) is 6.54 Å². The maximum atomic E-state index is 12.2. The Morgan fingerprint density at radius 3 is 2.47 bits per heavy atom.